The molecule has 0 saturated heterocycles. The molecule has 0 aliphatic carbocycles. The van der Waals surface area contributed by atoms with E-state index in [1.807, 2.05) is 13.8 Å². The Morgan fingerprint density at radius 1 is 1.10 bits per heavy atom. The average molecular weight is 144 g/mol. The van der Waals surface area contributed by atoms with Crippen molar-refractivity contribution in [2.45, 2.75) is 41.0 Å². The number of aldehydes is 1. The molecular weight excluding hydrogens is 124 g/mol. The number of carbonyl (C=O) groups is 1. The minimum atomic E-state index is 0.530. The Morgan fingerprint density at radius 2 is 1.40 bits per heavy atom. The second-order valence-corrected chi connectivity index (χ2v) is 3.53. The number of hydrogen-bond donors (Lipinski definition) is 0. The Bertz CT molecular complexity index is 62.4. The topological polar surface area (TPSA) is 17.1 Å². The summed E-state index contributed by atoms with van der Waals surface area (Å²) >= 11 is 0. The molecule has 0 aliphatic heterocycles. The smallest absolute Gasteiger partial charge is 0.120 e. The predicted octanol–water partition coefficient (Wildman–Crippen LogP) is 2.89. The van der Waals surface area contributed by atoms with E-state index >= 15 is 0 Å². The SMILES string of the molecule is CC(C)C.CC(C)CC=O. The first-order chi connectivity index (χ1) is 4.50. The fourth-order valence-electron chi connectivity index (χ4n) is 0.192. The van der Waals surface area contributed by atoms with E-state index in [0.29, 0.717) is 12.3 Å². The van der Waals surface area contributed by atoms with Crippen molar-refractivity contribution in [1.29, 1.82) is 0 Å². The van der Waals surface area contributed by atoms with Gasteiger partial charge in [-0.1, -0.05) is 34.6 Å². The van der Waals surface area contributed by atoms with Crippen molar-refractivity contribution in [3.63, 3.8) is 0 Å². The summed E-state index contributed by atoms with van der Waals surface area (Å²) in [5.41, 5.74) is 0. The standard InChI is InChI=1S/C5H10O.C4H10/c1-5(2)3-4-6;1-4(2)3/h4-5H,3H2,1-2H3;4H,1-3H3. The molecule has 0 aromatic carbocycles. The molecule has 0 aromatic rings. The summed E-state index contributed by atoms with van der Waals surface area (Å²) in [6.45, 7) is 10.5. The normalized spacial score (nSPS) is 9.10. The lowest BCUT2D eigenvalue weighted by Gasteiger charge is -1.89. The third kappa shape index (κ3) is 47.9. The number of hydrogen-bond acceptors (Lipinski definition) is 1. The fourth-order valence-corrected chi connectivity index (χ4v) is 0.192. The van der Waals surface area contributed by atoms with Crippen LogP contribution in [0, 0.1) is 11.8 Å². The van der Waals surface area contributed by atoms with Gasteiger partial charge in [0.05, 0.1) is 0 Å². The van der Waals surface area contributed by atoms with Crippen molar-refractivity contribution in [2.24, 2.45) is 11.8 Å². The van der Waals surface area contributed by atoms with E-state index in [-0.39, 0.29) is 0 Å². The van der Waals surface area contributed by atoms with Gasteiger partial charge in [0.25, 0.3) is 0 Å². The van der Waals surface area contributed by atoms with Crippen LogP contribution in [0.25, 0.3) is 0 Å². The molecule has 1 nitrogen and oxygen atoms in total. The van der Waals surface area contributed by atoms with Gasteiger partial charge in [-0.3, -0.25) is 0 Å². The van der Waals surface area contributed by atoms with E-state index < -0.39 is 0 Å². The Balaban J connectivity index is 0. The van der Waals surface area contributed by atoms with E-state index in [1.54, 1.807) is 0 Å². The zero-order valence-electron chi connectivity index (χ0n) is 7.85. The summed E-state index contributed by atoms with van der Waals surface area (Å²) < 4.78 is 0. The maximum atomic E-state index is 9.62. The molecule has 0 N–H and O–H groups in total. The molecule has 10 heavy (non-hydrogen) atoms. The fraction of sp³-hybridized carbons (Fsp3) is 0.889. The molecule has 0 radical (unpaired) electrons. The molecule has 0 saturated carbocycles. The van der Waals surface area contributed by atoms with Crippen LogP contribution in [0.4, 0.5) is 0 Å². The van der Waals surface area contributed by atoms with E-state index in [4.69, 9.17) is 0 Å². The lowest BCUT2D eigenvalue weighted by atomic mass is 10.2. The van der Waals surface area contributed by atoms with Crippen molar-refractivity contribution in [3.8, 4) is 0 Å². The van der Waals surface area contributed by atoms with Crippen LogP contribution in [-0.2, 0) is 4.79 Å². The molecule has 0 atom stereocenters. The second-order valence-electron chi connectivity index (χ2n) is 3.53. The van der Waals surface area contributed by atoms with Gasteiger partial charge in [0.2, 0.25) is 0 Å². The lowest BCUT2D eigenvalue weighted by molar-refractivity contribution is -0.108. The van der Waals surface area contributed by atoms with Crippen molar-refractivity contribution < 1.29 is 4.79 Å². The Morgan fingerprint density at radius 3 is 1.40 bits per heavy atom. The zero-order valence-corrected chi connectivity index (χ0v) is 7.85. The van der Waals surface area contributed by atoms with Gasteiger partial charge in [0, 0.05) is 6.42 Å². The van der Waals surface area contributed by atoms with Crippen LogP contribution >= 0.6 is 0 Å². The van der Waals surface area contributed by atoms with Gasteiger partial charge in [-0.25, -0.2) is 0 Å². The van der Waals surface area contributed by atoms with E-state index in [0.717, 1.165) is 12.2 Å². The van der Waals surface area contributed by atoms with Crippen LogP contribution in [-0.4, -0.2) is 6.29 Å². The first kappa shape index (κ1) is 12.4. The van der Waals surface area contributed by atoms with Gasteiger partial charge in [0.1, 0.15) is 6.29 Å². The van der Waals surface area contributed by atoms with Gasteiger partial charge in [-0.05, 0) is 11.8 Å². The lowest BCUT2D eigenvalue weighted by Crippen LogP contribution is -1.84. The van der Waals surface area contributed by atoms with Crippen LogP contribution < -0.4 is 0 Å². The van der Waals surface area contributed by atoms with Crippen LogP contribution in [0.2, 0.25) is 0 Å². The monoisotopic (exact) mass is 144 g/mol. The number of rotatable bonds is 2. The Labute approximate surface area is 64.8 Å². The molecule has 0 amide bonds. The summed E-state index contributed by atoms with van der Waals surface area (Å²) in [6, 6.07) is 0. The molecule has 0 unspecified atom stereocenters. The molecule has 1 heteroatoms. The van der Waals surface area contributed by atoms with Gasteiger partial charge >= 0.3 is 0 Å². The van der Waals surface area contributed by atoms with E-state index in [2.05, 4.69) is 20.8 Å². The quantitative estimate of drug-likeness (QED) is 0.545. The molecule has 0 rings (SSSR count). The van der Waals surface area contributed by atoms with Gasteiger partial charge in [-0.15, -0.1) is 0 Å². The summed E-state index contributed by atoms with van der Waals surface area (Å²) in [6.07, 6.45) is 1.64. The Hall–Kier alpha value is -0.330. The first-order valence-corrected chi connectivity index (χ1v) is 3.94. The highest BCUT2D eigenvalue weighted by atomic mass is 16.1. The van der Waals surface area contributed by atoms with E-state index in [1.165, 1.54) is 0 Å². The van der Waals surface area contributed by atoms with Crippen molar-refractivity contribution in [3.05, 3.63) is 0 Å². The number of carbonyl (C=O) groups excluding carboxylic acids is 1. The zero-order chi connectivity index (χ0) is 8.57. The molecular formula is C9H20O. The highest BCUT2D eigenvalue weighted by molar-refractivity contribution is 5.49. The van der Waals surface area contributed by atoms with Crippen molar-refractivity contribution in [1.82, 2.24) is 0 Å². The molecule has 62 valence electrons. The highest BCUT2D eigenvalue weighted by Crippen LogP contribution is 1.92. The van der Waals surface area contributed by atoms with Crippen molar-refractivity contribution in [2.75, 3.05) is 0 Å². The van der Waals surface area contributed by atoms with Crippen molar-refractivity contribution >= 4 is 6.29 Å². The van der Waals surface area contributed by atoms with Gasteiger partial charge in [-0.2, -0.15) is 0 Å². The summed E-state index contributed by atoms with van der Waals surface area (Å²) in [5, 5.41) is 0. The third-order valence-electron chi connectivity index (χ3n) is 0.568. The molecule has 0 spiro atoms. The maximum Gasteiger partial charge on any atom is 0.120 e. The summed E-state index contributed by atoms with van der Waals surface area (Å²) in [7, 11) is 0. The largest absolute Gasteiger partial charge is 0.303 e. The van der Waals surface area contributed by atoms with Gasteiger partial charge < -0.3 is 4.79 Å². The van der Waals surface area contributed by atoms with E-state index in [9.17, 15) is 4.79 Å². The first-order valence-electron chi connectivity index (χ1n) is 3.94. The third-order valence-corrected chi connectivity index (χ3v) is 0.568. The summed E-state index contributed by atoms with van der Waals surface area (Å²) in [4.78, 5) is 9.62. The predicted molar refractivity (Wildman–Crippen MR) is 46.0 cm³/mol. The molecule has 0 bridgehead atoms. The second kappa shape index (κ2) is 8.67. The van der Waals surface area contributed by atoms with Crippen LogP contribution in [0.1, 0.15) is 41.0 Å². The highest BCUT2D eigenvalue weighted by Gasteiger charge is 1.85. The molecule has 0 aromatic heterocycles. The molecule has 0 fully saturated rings. The minimum absolute atomic E-state index is 0.530. The minimum Gasteiger partial charge on any atom is -0.303 e. The Kier molecular flexibility index (Phi) is 10.7. The van der Waals surface area contributed by atoms with Crippen LogP contribution in [0.3, 0.4) is 0 Å². The maximum absolute atomic E-state index is 9.62. The van der Waals surface area contributed by atoms with Crippen LogP contribution in [0.15, 0.2) is 0 Å². The van der Waals surface area contributed by atoms with Gasteiger partial charge in [0.15, 0.2) is 0 Å². The molecule has 0 aliphatic rings. The average Bonchev–Trinajstić information content (AvgIpc) is 1.62. The summed E-state index contributed by atoms with van der Waals surface area (Å²) in [5.74, 6) is 1.36. The molecule has 0 heterocycles. The van der Waals surface area contributed by atoms with Crippen LogP contribution in [0.5, 0.6) is 0 Å².